The van der Waals surface area contributed by atoms with Gasteiger partial charge in [0, 0.05) is 5.02 Å². The molecule has 2 rings (SSSR count). The van der Waals surface area contributed by atoms with E-state index in [-0.39, 0.29) is 17.3 Å². The number of benzene rings is 1. The number of anilines is 1. The number of rotatable bonds is 4. The molecule has 0 saturated carbocycles. The Balaban J connectivity index is 2.09. The summed E-state index contributed by atoms with van der Waals surface area (Å²) in [6, 6.07) is 4.60. The second-order valence-corrected chi connectivity index (χ2v) is 4.60. The molecule has 1 aromatic heterocycles. The lowest BCUT2D eigenvalue weighted by atomic mass is 10.3. The van der Waals surface area contributed by atoms with E-state index in [0.29, 0.717) is 10.7 Å². The summed E-state index contributed by atoms with van der Waals surface area (Å²) in [5.41, 5.74) is 0.195. The van der Waals surface area contributed by atoms with E-state index in [1.165, 1.54) is 6.07 Å². The van der Waals surface area contributed by atoms with Gasteiger partial charge in [-0.3, -0.25) is 4.79 Å². The number of hydrogen-bond donors (Lipinski definition) is 2. The largest absolute Gasteiger partial charge is 0.476 e. The number of carboxylic acid groups (broad SMARTS) is 1. The third-order valence-corrected chi connectivity index (χ3v) is 2.88. The Morgan fingerprint density at radius 3 is 2.75 bits per heavy atom. The molecule has 0 bridgehead atoms. The molecule has 2 aromatic rings. The third kappa shape index (κ3) is 3.25. The van der Waals surface area contributed by atoms with Crippen LogP contribution in [0.15, 0.2) is 24.4 Å². The van der Waals surface area contributed by atoms with E-state index in [1.807, 2.05) is 0 Å². The number of carbonyl (C=O) groups excluding carboxylic acids is 1. The number of aromatic nitrogens is 3. The van der Waals surface area contributed by atoms with Crippen molar-refractivity contribution in [2.24, 2.45) is 0 Å². The van der Waals surface area contributed by atoms with Gasteiger partial charge in [0.1, 0.15) is 6.54 Å². The molecule has 0 saturated heterocycles. The smallest absolute Gasteiger partial charge is 0.355 e. The molecule has 0 unspecified atom stereocenters. The van der Waals surface area contributed by atoms with Crippen LogP contribution in [0.2, 0.25) is 10.0 Å². The van der Waals surface area contributed by atoms with Crippen LogP contribution in [0.5, 0.6) is 0 Å². The number of hydrogen-bond acceptors (Lipinski definition) is 4. The molecular weight excluding hydrogens is 307 g/mol. The van der Waals surface area contributed by atoms with E-state index in [1.54, 1.807) is 12.1 Å². The van der Waals surface area contributed by atoms with Crippen molar-refractivity contribution in [3.8, 4) is 0 Å². The van der Waals surface area contributed by atoms with Gasteiger partial charge in [0.25, 0.3) is 0 Å². The SMILES string of the molecule is O=C(Cn1nncc1C(=O)O)Nc1ccc(Cl)cc1Cl. The van der Waals surface area contributed by atoms with Crippen LogP contribution in [0.1, 0.15) is 10.5 Å². The standard InChI is InChI=1S/C11H8Cl2N4O3/c12-6-1-2-8(7(13)3-6)15-10(18)5-17-9(11(19)20)4-14-16-17/h1-4H,5H2,(H,15,18)(H,19,20). The van der Waals surface area contributed by atoms with Crippen LogP contribution in [-0.2, 0) is 11.3 Å². The molecule has 0 fully saturated rings. The van der Waals surface area contributed by atoms with Crippen molar-refractivity contribution in [2.75, 3.05) is 5.32 Å². The first-order chi connectivity index (χ1) is 9.47. The van der Waals surface area contributed by atoms with Crippen molar-refractivity contribution >= 4 is 40.8 Å². The quantitative estimate of drug-likeness (QED) is 0.898. The third-order valence-electron chi connectivity index (χ3n) is 2.34. The first-order valence-corrected chi connectivity index (χ1v) is 6.09. The van der Waals surface area contributed by atoms with Gasteiger partial charge in [-0.25, -0.2) is 9.48 Å². The predicted octanol–water partition coefficient (Wildman–Crippen LogP) is 1.92. The molecule has 9 heteroatoms. The van der Waals surface area contributed by atoms with Gasteiger partial charge < -0.3 is 10.4 Å². The Hall–Kier alpha value is -2.12. The maximum Gasteiger partial charge on any atom is 0.355 e. The van der Waals surface area contributed by atoms with Gasteiger partial charge in [-0.05, 0) is 18.2 Å². The molecule has 0 radical (unpaired) electrons. The van der Waals surface area contributed by atoms with E-state index in [2.05, 4.69) is 15.6 Å². The zero-order valence-corrected chi connectivity index (χ0v) is 11.4. The topological polar surface area (TPSA) is 97.1 Å². The molecule has 0 atom stereocenters. The summed E-state index contributed by atoms with van der Waals surface area (Å²) in [5.74, 6) is -1.70. The lowest BCUT2D eigenvalue weighted by molar-refractivity contribution is -0.116. The summed E-state index contributed by atoms with van der Waals surface area (Å²) in [4.78, 5) is 22.7. The minimum atomic E-state index is -1.22. The summed E-state index contributed by atoms with van der Waals surface area (Å²) in [7, 11) is 0. The van der Waals surface area contributed by atoms with Crippen LogP contribution in [0.3, 0.4) is 0 Å². The summed E-state index contributed by atoms with van der Waals surface area (Å²) in [5, 5.41) is 19.1. The Morgan fingerprint density at radius 2 is 2.10 bits per heavy atom. The first kappa shape index (κ1) is 14.3. The maximum atomic E-state index is 11.8. The number of nitrogens with one attached hydrogen (secondary N) is 1. The van der Waals surface area contributed by atoms with Gasteiger partial charge in [-0.2, -0.15) is 0 Å². The molecule has 1 heterocycles. The zero-order chi connectivity index (χ0) is 14.7. The van der Waals surface area contributed by atoms with Crippen molar-refractivity contribution < 1.29 is 14.7 Å². The van der Waals surface area contributed by atoms with Crippen LogP contribution in [0, 0.1) is 0 Å². The number of carbonyl (C=O) groups is 2. The highest BCUT2D eigenvalue weighted by Crippen LogP contribution is 2.25. The Labute approximate surface area is 123 Å². The van der Waals surface area contributed by atoms with Gasteiger partial charge in [0.05, 0.1) is 16.9 Å². The highest BCUT2D eigenvalue weighted by atomic mass is 35.5. The second kappa shape index (κ2) is 5.89. The van der Waals surface area contributed by atoms with E-state index in [4.69, 9.17) is 28.3 Å². The normalized spacial score (nSPS) is 10.3. The molecule has 0 aliphatic heterocycles. The van der Waals surface area contributed by atoms with Crippen LogP contribution < -0.4 is 5.32 Å². The molecule has 1 aromatic carbocycles. The molecule has 0 aliphatic rings. The molecule has 0 spiro atoms. The van der Waals surface area contributed by atoms with Crippen LogP contribution in [0.4, 0.5) is 5.69 Å². The summed E-state index contributed by atoms with van der Waals surface area (Å²) < 4.78 is 0.974. The van der Waals surface area contributed by atoms with E-state index in [9.17, 15) is 9.59 Å². The van der Waals surface area contributed by atoms with Gasteiger partial charge in [0.2, 0.25) is 5.91 Å². The van der Waals surface area contributed by atoms with E-state index >= 15 is 0 Å². The van der Waals surface area contributed by atoms with Crippen molar-refractivity contribution in [1.82, 2.24) is 15.0 Å². The van der Waals surface area contributed by atoms with Crippen LogP contribution in [0.25, 0.3) is 0 Å². The zero-order valence-electron chi connectivity index (χ0n) is 9.88. The number of nitrogens with zero attached hydrogens (tertiary/aromatic N) is 3. The molecular formula is C11H8Cl2N4O3. The van der Waals surface area contributed by atoms with Crippen molar-refractivity contribution in [1.29, 1.82) is 0 Å². The molecule has 104 valence electrons. The van der Waals surface area contributed by atoms with Gasteiger partial charge in [-0.15, -0.1) is 5.10 Å². The predicted molar refractivity (Wildman–Crippen MR) is 72.1 cm³/mol. The van der Waals surface area contributed by atoms with Crippen LogP contribution >= 0.6 is 23.2 Å². The monoisotopic (exact) mass is 314 g/mol. The van der Waals surface area contributed by atoms with Crippen molar-refractivity contribution in [2.45, 2.75) is 6.54 Å². The molecule has 2 N–H and O–H groups in total. The molecule has 1 amide bonds. The summed E-state index contributed by atoms with van der Waals surface area (Å²) in [6.45, 7) is -0.291. The first-order valence-electron chi connectivity index (χ1n) is 5.34. The van der Waals surface area contributed by atoms with Crippen LogP contribution in [-0.4, -0.2) is 32.0 Å². The highest BCUT2D eigenvalue weighted by Gasteiger charge is 2.15. The van der Waals surface area contributed by atoms with Gasteiger partial charge in [-0.1, -0.05) is 28.4 Å². The Kier molecular flexibility index (Phi) is 4.21. The highest BCUT2D eigenvalue weighted by molar-refractivity contribution is 6.36. The average Bonchev–Trinajstić information content (AvgIpc) is 2.81. The fraction of sp³-hybridized carbons (Fsp3) is 0.0909. The fourth-order valence-corrected chi connectivity index (χ4v) is 1.91. The van der Waals surface area contributed by atoms with Gasteiger partial charge in [0.15, 0.2) is 5.69 Å². The average molecular weight is 315 g/mol. The molecule has 7 nitrogen and oxygen atoms in total. The fourth-order valence-electron chi connectivity index (χ4n) is 1.46. The van der Waals surface area contributed by atoms with E-state index in [0.717, 1.165) is 10.9 Å². The summed E-state index contributed by atoms with van der Waals surface area (Å²) in [6.07, 6.45) is 1.06. The van der Waals surface area contributed by atoms with Crippen molar-refractivity contribution in [3.63, 3.8) is 0 Å². The molecule has 0 aliphatic carbocycles. The van der Waals surface area contributed by atoms with Crippen molar-refractivity contribution in [3.05, 3.63) is 40.1 Å². The number of halogens is 2. The lowest BCUT2D eigenvalue weighted by Gasteiger charge is -2.08. The van der Waals surface area contributed by atoms with E-state index < -0.39 is 11.9 Å². The number of carboxylic acids is 1. The van der Waals surface area contributed by atoms with Gasteiger partial charge >= 0.3 is 5.97 Å². The summed E-state index contributed by atoms with van der Waals surface area (Å²) >= 11 is 11.6. The molecule has 20 heavy (non-hydrogen) atoms. The number of aromatic carboxylic acids is 1. The second-order valence-electron chi connectivity index (χ2n) is 3.75. The Morgan fingerprint density at radius 1 is 1.35 bits per heavy atom. The maximum absolute atomic E-state index is 11.8. The minimum Gasteiger partial charge on any atom is -0.476 e. The minimum absolute atomic E-state index is 0.178. The lowest BCUT2D eigenvalue weighted by Crippen LogP contribution is -2.22. The number of amides is 1. The Bertz CT molecular complexity index is 671.